The summed E-state index contributed by atoms with van der Waals surface area (Å²) >= 11 is 0. The number of urea groups is 1. The van der Waals surface area contributed by atoms with Crippen molar-refractivity contribution in [2.75, 3.05) is 26.3 Å². The largest absolute Gasteiger partial charge is 0.393 e. The maximum atomic E-state index is 13.4. The van der Waals surface area contributed by atoms with Gasteiger partial charge in [-0.15, -0.1) is 0 Å². The molecule has 6 nitrogen and oxygen atoms in total. The van der Waals surface area contributed by atoms with Crippen molar-refractivity contribution in [2.45, 2.75) is 31.9 Å². The van der Waals surface area contributed by atoms with Crippen molar-refractivity contribution in [3.8, 4) is 0 Å². The third-order valence-electron chi connectivity index (χ3n) is 4.50. The third-order valence-corrected chi connectivity index (χ3v) is 4.50. The molecular formula is C18H24FN3O3. The van der Waals surface area contributed by atoms with E-state index in [0.29, 0.717) is 39.1 Å². The van der Waals surface area contributed by atoms with E-state index < -0.39 is 6.10 Å². The van der Waals surface area contributed by atoms with Crippen LogP contribution in [0.25, 0.3) is 10.9 Å². The van der Waals surface area contributed by atoms with Gasteiger partial charge in [-0.05, 0) is 43.5 Å². The van der Waals surface area contributed by atoms with Gasteiger partial charge in [0.1, 0.15) is 5.82 Å². The summed E-state index contributed by atoms with van der Waals surface area (Å²) < 4.78 is 18.8. The first-order valence-electron chi connectivity index (χ1n) is 8.60. The van der Waals surface area contributed by atoms with Crippen LogP contribution in [0.3, 0.4) is 0 Å². The van der Waals surface area contributed by atoms with Crippen molar-refractivity contribution in [3.05, 3.63) is 35.8 Å². The predicted octanol–water partition coefficient (Wildman–Crippen LogP) is 2.03. The highest BCUT2D eigenvalue weighted by molar-refractivity contribution is 5.83. The molecule has 2 amide bonds. The average Bonchev–Trinajstić information content (AvgIpc) is 2.97. The number of ether oxygens (including phenoxy) is 1. The van der Waals surface area contributed by atoms with Gasteiger partial charge in [0.2, 0.25) is 0 Å². The summed E-state index contributed by atoms with van der Waals surface area (Å²) in [6.07, 6.45) is 2.47. The molecule has 1 aromatic carbocycles. The number of aliphatic hydroxyl groups excluding tert-OH is 1. The Kier molecular flexibility index (Phi) is 5.55. The number of carbonyl (C=O) groups excluding carboxylic acids is 1. The summed E-state index contributed by atoms with van der Waals surface area (Å²) in [4.78, 5) is 17.3. The number of aromatic amines is 1. The number of aliphatic hydroxyl groups is 1. The molecule has 0 bridgehead atoms. The highest BCUT2D eigenvalue weighted by atomic mass is 19.1. The number of amides is 2. The van der Waals surface area contributed by atoms with E-state index in [9.17, 15) is 14.3 Å². The molecule has 2 atom stereocenters. The van der Waals surface area contributed by atoms with Gasteiger partial charge >= 0.3 is 6.03 Å². The van der Waals surface area contributed by atoms with E-state index in [1.807, 2.05) is 6.20 Å². The Balaban J connectivity index is 1.57. The summed E-state index contributed by atoms with van der Waals surface area (Å²) in [6.45, 7) is 3.63. The number of hydrogen-bond acceptors (Lipinski definition) is 3. The Bertz CT molecular complexity index is 731. The van der Waals surface area contributed by atoms with Crippen LogP contribution in [0.5, 0.6) is 0 Å². The van der Waals surface area contributed by atoms with E-state index in [1.54, 1.807) is 17.9 Å². The first-order valence-corrected chi connectivity index (χ1v) is 8.60. The number of halogens is 1. The lowest BCUT2D eigenvalue weighted by atomic mass is 10.1. The molecule has 136 valence electrons. The fourth-order valence-corrected chi connectivity index (χ4v) is 3.27. The van der Waals surface area contributed by atoms with E-state index in [0.717, 1.165) is 16.5 Å². The molecule has 1 aromatic heterocycles. The van der Waals surface area contributed by atoms with Gasteiger partial charge in [-0.2, -0.15) is 0 Å². The fraction of sp³-hybridized carbons (Fsp3) is 0.500. The normalized spacial score (nSPS) is 19.2. The van der Waals surface area contributed by atoms with Gasteiger partial charge in [-0.25, -0.2) is 9.18 Å². The monoisotopic (exact) mass is 349 g/mol. The molecule has 1 fully saturated rings. The van der Waals surface area contributed by atoms with Crippen molar-refractivity contribution >= 4 is 16.9 Å². The smallest absolute Gasteiger partial charge is 0.317 e. The third kappa shape index (κ3) is 4.29. The Morgan fingerprint density at radius 3 is 3.20 bits per heavy atom. The van der Waals surface area contributed by atoms with Gasteiger partial charge < -0.3 is 25.0 Å². The minimum absolute atomic E-state index is 0.115. The summed E-state index contributed by atoms with van der Waals surface area (Å²) in [5.41, 5.74) is 1.85. The number of fused-ring (bicyclic) bond motifs is 1. The number of benzene rings is 1. The van der Waals surface area contributed by atoms with Gasteiger partial charge in [-0.1, -0.05) is 0 Å². The molecule has 0 spiro atoms. The maximum Gasteiger partial charge on any atom is 0.317 e. The Hall–Kier alpha value is -2.12. The van der Waals surface area contributed by atoms with E-state index in [1.165, 1.54) is 12.1 Å². The zero-order valence-electron chi connectivity index (χ0n) is 14.3. The van der Waals surface area contributed by atoms with Crippen LogP contribution in [-0.4, -0.2) is 59.5 Å². The minimum Gasteiger partial charge on any atom is -0.393 e. The van der Waals surface area contributed by atoms with Crippen LogP contribution in [0, 0.1) is 5.82 Å². The zero-order valence-corrected chi connectivity index (χ0v) is 14.3. The molecule has 1 aliphatic rings. The minimum atomic E-state index is -0.483. The van der Waals surface area contributed by atoms with Crippen LogP contribution < -0.4 is 5.32 Å². The van der Waals surface area contributed by atoms with Crippen molar-refractivity contribution in [1.82, 2.24) is 15.2 Å². The topological polar surface area (TPSA) is 77.6 Å². The Morgan fingerprint density at radius 2 is 2.40 bits per heavy atom. The van der Waals surface area contributed by atoms with E-state index in [-0.39, 0.29) is 17.9 Å². The van der Waals surface area contributed by atoms with E-state index in [2.05, 4.69) is 10.3 Å². The second kappa shape index (κ2) is 7.84. The van der Waals surface area contributed by atoms with Crippen LogP contribution in [0.2, 0.25) is 0 Å². The Morgan fingerprint density at radius 1 is 1.56 bits per heavy atom. The van der Waals surface area contributed by atoms with Crippen LogP contribution in [0.4, 0.5) is 9.18 Å². The number of morpholine rings is 1. The molecule has 0 aliphatic carbocycles. The lowest BCUT2D eigenvalue weighted by Gasteiger charge is -2.36. The van der Waals surface area contributed by atoms with Gasteiger partial charge in [-0.3, -0.25) is 0 Å². The predicted molar refractivity (Wildman–Crippen MR) is 93.0 cm³/mol. The van der Waals surface area contributed by atoms with Crippen LogP contribution in [0.15, 0.2) is 24.4 Å². The lowest BCUT2D eigenvalue weighted by Crippen LogP contribution is -2.53. The lowest BCUT2D eigenvalue weighted by molar-refractivity contribution is -0.00425. The molecule has 2 heterocycles. The second-order valence-electron chi connectivity index (χ2n) is 6.49. The van der Waals surface area contributed by atoms with Crippen molar-refractivity contribution in [2.24, 2.45) is 0 Å². The number of aromatic nitrogens is 1. The van der Waals surface area contributed by atoms with Crippen LogP contribution >= 0.6 is 0 Å². The number of H-pyrrole nitrogens is 1. The average molecular weight is 349 g/mol. The standard InChI is InChI=1S/C18H24FN3O3/c1-12(23)8-15-11-25-7-6-22(15)18(24)20-5-4-13-10-21-17-3-2-14(19)9-16(13)17/h2-3,9-10,12,15,21,23H,4-8,11H2,1H3,(H,20,24). The molecule has 2 aromatic rings. The molecule has 2 unspecified atom stereocenters. The van der Waals surface area contributed by atoms with E-state index >= 15 is 0 Å². The zero-order chi connectivity index (χ0) is 17.8. The molecule has 3 N–H and O–H groups in total. The van der Waals surface area contributed by atoms with Crippen molar-refractivity contribution in [1.29, 1.82) is 0 Å². The van der Waals surface area contributed by atoms with Crippen LogP contribution in [-0.2, 0) is 11.2 Å². The first kappa shape index (κ1) is 17.7. The van der Waals surface area contributed by atoms with E-state index in [4.69, 9.17) is 4.74 Å². The van der Waals surface area contributed by atoms with Crippen molar-refractivity contribution < 1.29 is 19.0 Å². The van der Waals surface area contributed by atoms with Gasteiger partial charge in [0.25, 0.3) is 0 Å². The molecule has 1 saturated heterocycles. The van der Waals surface area contributed by atoms with Gasteiger partial charge in [0, 0.05) is 30.2 Å². The summed E-state index contributed by atoms with van der Waals surface area (Å²) in [7, 11) is 0. The number of hydrogen-bond donors (Lipinski definition) is 3. The highest BCUT2D eigenvalue weighted by Gasteiger charge is 2.28. The second-order valence-corrected chi connectivity index (χ2v) is 6.49. The summed E-state index contributed by atoms with van der Waals surface area (Å²) in [5.74, 6) is -0.272. The molecule has 1 aliphatic heterocycles. The molecule has 3 rings (SSSR count). The summed E-state index contributed by atoms with van der Waals surface area (Å²) in [5, 5.41) is 13.3. The molecule has 0 saturated carbocycles. The number of nitrogens with zero attached hydrogens (tertiary/aromatic N) is 1. The Labute approximate surface area is 146 Å². The highest BCUT2D eigenvalue weighted by Crippen LogP contribution is 2.19. The molecule has 25 heavy (non-hydrogen) atoms. The van der Waals surface area contributed by atoms with Crippen LogP contribution in [0.1, 0.15) is 18.9 Å². The fourth-order valence-electron chi connectivity index (χ4n) is 3.27. The van der Waals surface area contributed by atoms with Gasteiger partial charge in [0.05, 0.1) is 25.4 Å². The number of nitrogens with one attached hydrogen (secondary N) is 2. The molecule has 7 heteroatoms. The number of carbonyl (C=O) groups is 1. The van der Waals surface area contributed by atoms with Crippen molar-refractivity contribution in [3.63, 3.8) is 0 Å². The first-order chi connectivity index (χ1) is 12.0. The quantitative estimate of drug-likeness (QED) is 0.773. The van der Waals surface area contributed by atoms with Gasteiger partial charge in [0.15, 0.2) is 0 Å². The SMILES string of the molecule is CC(O)CC1COCCN1C(=O)NCCc1c[nH]c2ccc(F)cc12. The number of rotatable bonds is 5. The maximum absolute atomic E-state index is 13.4. The molecule has 0 radical (unpaired) electrons. The molecular weight excluding hydrogens is 325 g/mol. The summed E-state index contributed by atoms with van der Waals surface area (Å²) in [6, 6.07) is 4.37.